The Kier molecular flexibility index (Phi) is 6.25. The number of ether oxygens (including phenoxy) is 1. The maximum Gasteiger partial charge on any atom is 0.223 e. The van der Waals surface area contributed by atoms with Gasteiger partial charge in [-0.15, -0.1) is 12.4 Å². The van der Waals surface area contributed by atoms with Gasteiger partial charge in [0.2, 0.25) is 6.54 Å². The van der Waals surface area contributed by atoms with E-state index in [1.807, 2.05) is 12.1 Å². The van der Waals surface area contributed by atoms with Crippen molar-refractivity contribution >= 4 is 18.1 Å². The van der Waals surface area contributed by atoms with E-state index in [1.165, 1.54) is 0 Å². The van der Waals surface area contributed by atoms with Crippen LogP contribution in [0.5, 0.6) is 5.75 Å². The zero-order valence-corrected chi connectivity index (χ0v) is 9.99. The molecule has 0 fully saturated rings. The molecule has 5 nitrogen and oxygen atoms in total. The number of rotatable bonds is 5. The van der Waals surface area contributed by atoms with E-state index >= 15 is 0 Å². The van der Waals surface area contributed by atoms with Crippen LogP contribution in [-0.2, 0) is 0 Å². The lowest BCUT2D eigenvalue weighted by atomic mass is 10.2. The Morgan fingerprint density at radius 3 is 2.44 bits per heavy atom. The SMILES string of the molecule is COc1ccc(NC(C)C[N+](=O)[O-])cc1.Cl. The summed E-state index contributed by atoms with van der Waals surface area (Å²) in [6.45, 7) is 1.68. The quantitative estimate of drug-likeness (QED) is 0.639. The van der Waals surface area contributed by atoms with Crippen molar-refractivity contribution in [3.05, 3.63) is 34.4 Å². The van der Waals surface area contributed by atoms with Gasteiger partial charge in [-0.05, 0) is 31.2 Å². The Morgan fingerprint density at radius 2 is 2.00 bits per heavy atom. The number of hydrogen-bond donors (Lipinski definition) is 1. The van der Waals surface area contributed by atoms with Crippen molar-refractivity contribution in [3.63, 3.8) is 0 Å². The molecule has 0 radical (unpaired) electrons. The van der Waals surface area contributed by atoms with Crippen LogP contribution in [0.15, 0.2) is 24.3 Å². The molecule has 0 aliphatic rings. The van der Waals surface area contributed by atoms with Gasteiger partial charge in [0.15, 0.2) is 0 Å². The van der Waals surface area contributed by atoms with Gasteiger partial charge in [-0.25, -0.2) is 0 Å². The van der Waals surface area contributed by atoms with E-state index in [-0.39, 0.29) is 29.9 Å². The van der Waals surface area contributed by atoms with Crippen molar-refractivity contribution in [2.45, 2.75) is 13.0 Å². The second-order valence-electron chi connectivity index (χ2n) is 3.29. The molecule has 0 aliphatic heterocycles. The fraction of sp³-hybridized carbons (Fsp3) is 0.400. The van der Waals surface area contributed by atoms with Crippen molar-refractivity contribution < 1.29 is 9.66 Å². The summed E-state index contributed by atoms with van der Waals surface area (Å²) >= 11 is 0. The Morgan fingerprint density at radius 1 is 1.44 bits per heavy atom. The summed E-state index contributed by atoms with van der Waals surface area (Å²) < 4.78 is 5.00. The molecule has 0 spiro atoms. The number of methoxy groups -OCH3 is 1. The van der Waals surface area contributed by atoms with Crippen molar-refractivity contribution in [1.29, 1.82) is 0 Å². The normalized spacial score (nSPS) is 11.1. The number of nitrogens with zero attached hydrogens (tertiary/aromatic N) is 1. The molecule has 1 rings (SSSR count). The summed E-state index contributed by atoms with van der Waals surface area (Å²) in [6, 6.07) is 7.08. The van der Waals surface area contributed by atoms with Gasteiger partial charge in [-0.1, -0.05) is 0 Å². The van der Waals surface area contributed by atoms with Crippen molar-refractivity contribution in [2.24, 2.45) is 0 Å². The van der Waals surface area contributed by atoms with Crippen LogP contribution in [0.4, 0.5) is 5.69 Å². The standard InChI is InChI=1S/C10H14N2O3.ClH/c1-8(7-12(13)14)11-9-3-5-10(15-2)6-4-9;/h3-6,8,11H,7H2,1-2H3;1H. The molecule has 1 aromatic rings. The predicted octanol–water partition coefficient (Wildman–Crippen LogP) is 2.19. The van der Waals surface area contributed by atoms with Crippen LogP contribution < -0.4 is 10.1 Å². The average molecular weight is 247 g/mol. The van der Waals surface area contributed by atoms with E-state index in [9.17, 15) is 10.1 Å². The molecule has 0 aromatic heterocycles. The topological polar surface area (TPSA) is 64.4 Å². The van der Waals surface area contributed by atoms with Gasteiger partial charge in [0.1, 0.15) is 5.75 Å². The number of nitro groups is 1. The molecule has 1 N–H and O–H groups in total. The zero-order chi connectivity index (χ0) is 11.3. The Balaban J connectivity index is 0.00000225. The molecule has 1 unspecified atom stereocenters. The van der Waals surface area contributed by atoms with E-state index in [2.05, 4.69) is 5.32 Å². The fourth-order valence-corrected chi connectivity index (χ4v) is 1.24. The minimum atomic E-state index is -0.332. The molecule has 0 saturated heterocycles. The minimum absolute atomic E-state index is 0. The van der Waals surface area contributed by atoms with Crippen LogP contribution in [0.2, 0.25) is 0 Å². The first kappa shape index (κ1) is 14.5. The minimum Gasteiger partial charge on any atom is -0.497 e. The van der Waals surface area contributed by atoms with Crippen LogP contribution in [-0.4, -0.2) is 24.6 Å². The first-order chi connectivity index (χ1) is 7.11. The van der Waals surface area contributed by atoms with E-state index in [4.69, 9.17) is 4.74 Å². The molecule has 1 atom stereocenters. The molecule has 16 heavy (non-hydrogen) atoms. The maximum atomic E-state index is 10.2. The largest absolute Gasteiger partial charge is 0.497 e. The van der Waals surface area contributed by atoms with Gasteiger partial charge in [-0.2, -0.15) is 0 Å². The number of halogens is 1. The highest BCUT2D eigenvalue weighted by Gasteiger charge is 2.08. The lowest BCUT2D eigenvalue weighted by Gasteiger charge is -2.11. The smallest absolute Gasteiger partial charge is 0.223 e. The third kappa shape index (κ3) is 4.84. The van der Waals surface area contributed by atoms with Gasteiger partial charge in [0, 0.05) is 10.6 Å². The van der Waals surface area contributed by atoms with Crippen LogP contribution in [0.25, 0.3) is 0 Å². The number of benzene rings is 1. The van der Waals surface area contributed by atoms with Crippen LogP contribution in [0.1, 0.15) is 6.92 Å². The Hall–Kier alpha value is -1.49. The van der Waals surface area contributed by atoms with Gasteiger partial charge in [-0.3, -0.25) is 10.1 Å². The van der Waals surface area contributed by atoms with Gasteiger partial charge >= 0.3 is 0 Å². The van der Waals surface area contributed by atoms with E-state index in [1.54, 1.807) is 26.2 Å². The van der Waals surface area contributed by atoms with E-state index < -0.39 is 0 Å². The van der Waals surface area contributed by atoms with E-state index in [0.29, 0.717) is 0 Å². The van der Waals surface area contributed by atoms with Crippen LogP contribution in [0, 0.1) is 10.1 Å². The van der Waals surface area contributed by atoms with Crippen LogP contribution in [0.3, 0.4) is 0 Å². The molecular formula is C10H15ClN2O3. The number of anilines is 1. The molecule has 90 valence electrons. The highest BCUT2D eigenvalue weighted by Crippen LogP contribution is 2.15. The molecule has 0 bridgehead atoms. The molecule has 1 aromatic carbocycles. The summed E-state index contributed by atoms with van der Waals surface area (Å²) in [5, 5.41) is 13.3. The summed E-state index contributed by atoms with van der Waals surface area (Å²) in [5.74, 6) is 0.766. The zero-order valence-electron chi connectivity index (χ0n) is 9.17. The summed E-state index contributed by atoms with van der Waals surface area (Å²) in [5.41, 5.74) is 0.852. The third-order valence-electron chi connectivity index (χ3n) is 1.93. The van der Waals surface area contributed by atoms with E-state index in [0.717, 1.165) is 11.4 Å². The molecule has 0 saturated carbocycles. The summed E-state index contributed by atoms with van der Waals surface area (Å²) in [4.78, 5) is 9.91. The lowest BCUT2D eigenvalue weighted by Crippen LogP contribution is -2.24. The third-order valence-corrected chi connectivity index (χ3v) is 1.93. The predicted molar refractivity (Wildman–Crippen MR) is 65.2 cm³/mol. The monoisotopic (exact) mass is 246 g/mol. The molecule has 0 heterocycles. The number of nitrogens with one attached hydrogen (secondary N) is 1. The summed E-state index contributed by atoms with van der Waals surface area (Å²) in [7, 11) is 1.60. The van der Waals surface area contributed by atoms with Crippen molar-refractivity contribution in [3.8, 4) is 5.75 Å². The van der Waals surface area contributed by atoms with Crippen LogP contribution >= 0.6 is 12.4 Å². The Labute approximate surface area is 100 Å². The summed E-state index contributed by atoms with van der Waals surface area (Å²) in [6.07, 6.45) is 0. The fourth-order valence-electron chi connectivity index (χ4n) is 1.24. The molecule has 0 aliphatic carbocycles. The van der Waals surface area contributed by atoms with Crippen molar-refractivity contribution in [1.82, 2.24) is 0 Å². The molecular weight excluding hydrogens is 232 g/mol. The molecule has 0 amide bonds. The molecule has 6 heteroatoms. The first-order valence-electron chi connectivity index (χ1n) is 4.64. The number of hydrogen-bond acceptors (Lipinski definition) is 4. The van der Waals surface area contributed by atoms with Gasteiger partial charge in [0.05, 0.1) is 13.2 Å². The first-order valence-corrected chi connectivity index (χ1v) is 4.64. The van der Waals surface area contributed by atoms with Crippen molar-refractivity contribution in [2.75, 3.05) is 19.0 Å². The Bertz CT molecular complexity index is 329. The average Bonchev–Trinajstić information content (AvgIpc) is 2.17. The van der Waals surface area contributed by atoms with Gasteiger partial charge in [0.25, 0.3) is 0 Å². The highest BCUT2D eigenvalue weighted by atomic mass is 35.5. The maximum absolute atomic E-state index is 10.2. The highest BCUT2D eigenvalue weighted by molar-refractivity contribution is 5.85. The lowest BCUT2D eigenvalue weighted by molar-refractivity contribution is -0.481. The second-order valence-corrected chi connectivity index (χ2v) is 3.29. The second kappa shape index (κ2) is 6.90. The van der Waals surface area contributed by atoms with Gasteiger partial charge < -0.3 is 10.1 Å².